The Bertz CT molecular complexity index is 981. The number of rotatable bonds is 6. The number of benzene rings is 2. The molecular formula is C22H21F3N2O2. The first kappa shape index (κ1) is 20.6. The predicted octanol–water partition coefficient (Wildman–Crippen LogP) is 5.42. The zero-order valence-electron chi connectivity index (χ0n) is 16.1. The molecule has 0 aliphatic rings. The molecule has 0 spiro atoms. The number of alkyl halides is 3. The number of carbonyl (C=O) groups excluding carboxylic acids is 1. The number of carbonyl (C=O) groups is 1. The summed E-state index contributed by atoms with van der Waals surface area (Å²) in [6.45, 7) is 3.47. The van der Waals surface area contributed by atoms with Crippen LogP contribution in [-0.2, 0) is 12.6 Å². The molecule has 1 aromatic heterocycles. The van der Waals surface area contributed by atoms with E-state index >= 15 is 0 Å². The zero-order chi connectivity index (χ0) is 21.0. The molecule has 1 heterocycles. The monoisotopic (exact) mass is 402 g/mol. The highest BCUT2D eigenvalue weighted by molar-refractivity contribution is 6.00. The summed E-state index contributed by atoms with van der Waals surface area (Å²) in [6, 6.07) is 14.4. The van der Waals surface area contributed by atoms with E-state index in [1.54, 1.807) is 6.92 Å². The van der Waals surface area contributed by atoms with Crippen molar-refractivity contribution < 1.29 is 22.5 Å². The SMILES string of the molecule is Cc1noc(-c2cccc(C(F)(F)F)c2)c1C(=O)N[C@@H](C)CCc1ccccc1. The molecule has 1 atom stereocenters. The van der Waals surface area contributed by atoms with Crippen molar-refractivity contribution in [2.24, 2.45) is 0 Å². The molecule has 1 amide bonds. The van der Waals surface area contributed by atoms with Crippen molar-refractivity contribution in [1.29, 1.82) is 0 Å². The number of nitrogens with one attached hydrogen (secondary N) is 1. The van der Waals surface area contributed by atoms with Crippen LogP contribution in [-0.4, -0.2) is 17.1 Å². The van der Waals surface area contributed by atoms with Crippen molar-refractivity contribution >= 4 is 5.91 Å². The van der Waals surface area contributed by atoms with Gasteiger partial charge in [-0.1, -0.05) is 47.6 Å². The topological polar surface area (TPSA) is 55.1 Å². The predicted molar refractivity (Wildman–Crippen MR) is 103 cm³/mol. The third-order valence-electron chi connectivity index (χ3n) is 4.63. The molecule has 0 saturated carbocycles. The normalized spacial score (nSPS) is 12.6. The molecule has 152 valence electrons. The second-order valence-electron chi connectivity index (χ2n) is 6.95. The van der Waals surface area contributed by atoms with Gasteiger partial charge in [-0.15, -0.1) is 0 Å². The molecule has 1 N–H and O–H groups in total. The van der Waals surface area contributed by atoms with Crippen LogP contribution in [0.1, 0.15) is 40.5 Å². The number of amides is 1. The highest BCUT2D eigenvalue weighted by atomic mass is 19.4. The number of hydrogen-bond donors (Lipinski definition) is 1. The minimum absolute atomic E-state index is 0.0290. The van der Waals surface area contributed by atoms with E-state index in [1.165, 1.54) is 17.7 Å². The third-order valence-corrected chi connectivity index (χ3v) is 4.63. The van der Waals surface area contributed by atoms with Crippen LogP contribution in [0.5, 0.6) is 0 Å². The van der Waals surface area contributed by atoms with Crippen LogP contribution in [0, 0.1) is 6.92 Å². The molecule has 0 fully saturated rings. The summed E-state index contributed by atoms with van der Waals surface area (Å²) in [7, 11) is 0. The van der Waals surface area contributed by atoms with E-state index in [9.17, 15) is 18.0 Å². The van der Waals surface area contributed by atoms with Crippen LogP contribution in [0.25, 0.3) is 11.3 Å². The summed E-state index contributed by atoms with van der Waals surface area (Å²) in [6.07, 6.45) is -2.97. The fourth-order valence-corrected chi connectivity index (χ4v) is 3.07. The van der Waals surface area contributed by atoms with Crippen molar-refractivity contribution in [1.82, 2.24) is 10.5 Å². The molecule has 0 aliphatic heterocycles. The third kappa shape index (κ3) is 5.04. The van der Waals surface area contributed by atoms with Crippen LogP contribution in [0.15, 0.2) is 59.1 Å². The van der Waals surface area contributed by atoms with E-state index in [-0.39, 0.29) is 22.9 Å². The van der Waals surface area contributed by atoms with E-state index in [1.807, 2.05) is 37.3 Å². The molecular weight excluding hydrogens is 381 g/mol. The van der Waals surface area contributed by atoms with Gasteiger partial charge in [-0.2, -0.15) is 13.2 Å². The van der Waals surface area contributed by atoms with Gasteiger partial charge in [0.25, 0.3) is 5.91 Å². The number of aryl methyl sites for hydroxylation is 2. The highest BCUT2D eigenvalue weighted by Gasteiger charge is 2.31. The molecule has 4 nitrogen and oxygen atoms in total. The minimum atomic E-state index is -4.49. The maximum absolute atomic E-state index is 13.0. The first-order valence-electron chi connectivity index (χ1n) is 9.24. The van der Waals surface area contributed by atoms with Gasteiger partial charge in [-0.05, 0) is 44.4 Å². The maximum atomic E-state index is 13.0. The Hall–Kier alpha value is -3.09. The van der Waals surface area contributed by atoms with Gasteiger partial charge in [-0.3, -0.25) is 4.79 Å². The largest absolute Gasteiger partial charge is 0.416 e. The van der Waals surface area contributed by atoms with Gasteiger partial charge in [0.05, 0.1) is 11.3 Å². The van der Waals surface area contributed by atoms with Gasteiger partial charge in [0.2, 0.25) is 0 Å². The van der Waals surface area contributed by atoms with Crippen LogP contribution in [0.4, 0.5) is 13.2 Å². The van der Waals surface area contributed by atoms with Gasteiger partial charge < -0.3 is 9.84 Å². The summed E-state index contributed by atoms with van der Waals surface area (Å²) < 4.78 is 44.3. The van der Waals surface area contributed by atoms with Crippen LogP contribution >= 0.6 is 0 Å². The lowest BCUT2D eigenvalue weighted by molar-refractivity contribution is -0.137. The summed E-state index contributed by atoms with van der Waals surface area (Å²) >= 11 is 0. The molecule has 0 aliphatic carbocycles. The van der Waals surface area contributed by atoms with Crippen molar-refractivity contribution in [2.75, 3.05) is 0 Å². The number of aromatic nitrogens is 1. The summed E-state index contributed by atoms with van der Waals surface area (Å²) in [5.74, 6) is -0.391. The van der Waals surface area contributed by atoms with Gasteiger partial charge in [0.15, 0.2) is 5.76 Å². The number of halogens is 3. The van der Waals surface area contributed by atoms with E-state index in [4.69, 9.17) is 4.52 Å². The lowest BCUT2D eigenvalue weighted by atomic mass is 10.0. The molecule has 3 rings (SSSR count). The lowest BCUT2D eigenvalue weighted by Gasteiger charge is -2.14. The number of hydrogen-bond acceptors (Lipinski definition) is 3. The Kier molecular flexibility index (Phi) is 6.06. The Balaban J connectivity index is 1.76. The average Bonchev–Trinajstić information content (AvgIpc) is 3.08. The van der Waals surface area contributed by atoms with Crippen LogP contribution < -0.4 is 5.32 Å². The van der Waals surface area contributed by atoms with Crippen molar-refractivity contribution in [3.8, 4) is 11.3 Å². The summed E-state index contributed by atoms with van der Waals surface area (Å²) in [5, 5.41) is 6.68. The van der Waals surface area contributed by atoms with Gasteiger partial charge >= 0.3 is 6.18 Å². The fraction of sp³-hybridized carbons (Fsp3) is 0.273. The van der Waals surface area contributed by atoms with Crippen molar-refractivity contribution in [3.63, 3.8) is 0 Å². The van der Waals surface area contributed by atoms with Gasteiger partial charge in [-0.25, -0.2) is 0 Å². The minimum Gasteiger partial charge on any atom is -0.355 e. The maximum Gasteiger partial charge on any atom is 0.416 e. The molecule has 0 bridgehead atoms. The van der Waals surface area contributed by atoms with Crippen molar-refractivity contribution in [2.45, 2.75) is 38.9 Å². The second-order valence-corrected chi connectivity index (χ2v) is 6.95. The van der Waals surface area contributed by atoms with E-state index < -0.39 is 17.6 Å². The van der Waals surface area contributed by atoms with E-state index in [2.05, 4.69) is 10.5 Å². The number of nitrogens with zero attached hydrogens (tertiary/aromatic N) is 1. The summed E-state index contributed by atoms with van der Waals surface area (Å²) in [5.41, 5.74) is 0.981. The Morgan fingerprint density at radius 3 is 2.55 bits per heavy atom. The Morgan fingerprint density at radius 2 is 1.86 bits per heavy atom. The summed E-state index contributed by atoms with van der Waals surface area (Å²) in [4.78, 5) is 12.8. The zero-order valence-corrected chi connectivity index (χ0v) is 16.1. The van der Waals surface area contributed by atoms with E-state index in [0.717, 1.165) is 25.0 Å². The lowest BCUT2D eigenvalue weighted by Crippen LogP contribution is -2.33. The van der Waals surface area contributed by atoms with Crippen molar-refractivity contribution in [3.05, 3.63) is 77.0 Å². The quantitative estimate of drug-likeness (QED) is 0.599. The fourth-order valence-electron chi connectivity index (χ4n) is 3.07. The average molecular weight is 402 g/mol. The molecule has 7 heteroatoms. The van der Waals surface area contributed by atoms with Gasteiger partial charge in [0, 0.05) is 11.6 Å². The molecule has 0 unspecified atom stereocenters. The van der Waals surface area contributed by atoms with Crippen LogP contribution in [0.2, 0.25) is 0 Å². The highest BCUT2D eigenvalue weighted by Crippen LogP contribution is 2.33. The molecule has 0 saturated heterocycles. The Morgan fingerprint density at radius 1 is 1.14 bits per heavy atom. The van der Waals surface area contributed by atoms with Crippen LogP contribution in [0.3, 0.4) is 0 Å². The smallest absolute Gasteiger partial charge is 0.355 e. The molecule has 3 aromatic rings. The molecule has 2 aromatic carbocycles. The first-order valence-corrected chi connectivity index (χ1v) is 9.24. The standard InChI is InChI=1S/C22H21F3N2O2/c1-14(11-12-16-7-4-3-5-8-16)26-21(28)19-15(2)27-29-20(19)17-9-6-10-18(13-17)22(23,24)25/h3-10,13-14H,11-12H2,1-2H3,(H,26,28)/t14-/m0/s1. The van der Waals surface area contributed by atoms with Gasteiger partial charge in [0.1, 0.15) is 5.56 Å². The second kappa shape index (κ2) is 8.51. The Labute approximate surface area is 166 Å². The molecule has 0 radical (unpaired) electrons. The van der Waals surface area contributed by atoms with E-state index in [0.29, 0.717) is 5.69 Å². The molecule has 29 heavy (non-hydrogen) atoms. The first-order chi connectivity index (χ1) is 13.8.